The molecule has 0 N–H and O–H groups in total. The molecule has 0 atom stereocenters. The van der Waals surface area contributed by atoms with Gasteiger partial charge in [0.15, 0.2) is 0 Å². The lowest BCUT2D eigenvalue weighted by Crippen LogP contribution is -2.07. The molecule has 16 heavy (non-hydrogen) atoms. The van der Waals surface area contributed by atoms with Crippen molar-refractivity contribution in [2.75, 3.05) is 0 Å². The second-order valence-electron chi connectivity index (χ2n) is 4.76. The van der Waals surface area contributed by atoms with E-state index < -0.39 is 0 Å². The van der Waals surface area contributed by atoms with Crippen LogP contribution in [0.3, 0.4) is 0 Å². The highest BCUT2D eigenvalue weighted by atomic mass is 35.5. The second-order valence-corrected chi connectivity index (χ2v) is 5.19. The third-order valence-electron chi connectivity index (χ3n) is 2.66. The van der Waals surface area contributed by atoms with Gasteiger partial charge >= 0.3 is 0 Å². The third kappa shape index (κ3) is 2.53. The molecule has 0 heterocycles. The minimum absolute atomic E-state index is 0.0341. The monoisotopic (exact) mass is 236 g/mol. The summed E-state index contributed by atoms with van der Waals surface area (Å²) in [6.45, 7) is 4.26. The molecule has 2 heteroatoms. The van der Waals surface area contributed by atoms with Crippen LogP contribution in [-0.2, 0) is 0 Å². The maximum atomic E-state index is 13.2. The van der Waals surface area contributed by atoms with E-state index in [-0.39, 0.29) is 11.2 Å². The van der Waals surface area contributed by atoms with Crippen LogP contribution >= 0.6 is 11.6 Å². The molecule has 84 valence electrons. The highest BCUT2D eigenvalue weighted by molar-refractivity contribution is 6.30. The molecule has 0 aromatic heterocycles. The Morgan fingerprint density at radius 2 is 2.00 bits per heavy atom. The lowest BCUT2D eigenvalue weighted by Gasteiger charge is -2.22. The van der Waals surface area contributed by atoms with E-state index in [0.717, 1.165) is 17.6 Å². The van der Waals surface area contributed by atoms with Gasteiger partial charge in [0.25, 0.3) is 0 Å². The number of benzene rings is 1. The van der Waals surface area contributed by atoms with Crippen LogP contribution in [-0.4, -0.2) is 0 Å². The molecule has 0 saturated heterocycles. The molecule has 0 amide bonds. The standard InChI is InChI=1S/C14H14ClF/c1-14(2)5-3-4-10(9-14)11-6-12(15)8-13(16)7-11/h3,5-9H,4H2,1-2H3. The van der Waals surface area contributed by atoms with Crippen molar-refractivity contribution in [2.45, 2.75) is 20.3 Å². The maximum absolute atomic E-state index is 13.2. The average Bonchev–Trinajstić information content (AvgIpc) is 2.14. The zero-order valence-corrected chi connectivity index (χ0v) is 10.2. The SMILES string of the molecule is CC1(C)C=CCC(c2cc(F)cc(Cl)c2)=C1. The van der Waals surface area contributed by atoms with E-state index in [4.69, 9.17) is 11.6 Å². The van der Waals surface area contributed by atoms with Gasteiger partial charge in [0.2, 0.25) is 0 Å². The molecule has 1 aliphatic carbocycles. The molecule has 0 aliphatic heterocycles. The molecular formula is C14H14ClF. The average molecular weight is 237 g/mol. The Hall–Kier alpha value is -1.08. The lowest BCUT2D eigenvalue weighted by atomic mass is 9.83. The zero-order chi connectivity index (χ0) is 11.8. The lowest BCUT2D eigenvalue weighted by molar-refractivity contribution is 0.616. The van der Waals surface area contributed by atoms with Crippen LogP contribution in [0.5, 0.6) is 0 Å². The first kappa shape index (κ1) is 11.4. The van der Waals surface area contributed by atoms with Crippen molar-refractivity contribution in [1.82, 2.24) is 0 Å². The molecule has 0 unspecified atom stereocenters. The summed E-state index contributed by atoms with van der Waals surface area (Å²) in [7, 11) is 0. The number of hydrogen-bond donors (Lipinski definition) is 0. The largest absolute Gasteiger partial charge is 0.207 e. The first-order valence-electron chi connectivity index (χ1n) is 5.32. The molecule has 0 fully saturated rings. The summed E-state index contributed by atoms with van der Waals surface area (Å²) in [6, 6.07) is 4.67. The van der Waals surface area contributed by atoms with Gasteiger partial charge in [-0.1, -0.05) is 43.7 Å². The summed E-state index contributed by atoms with van der Waals surface area (Å²) in [5, 5.41) is 0.447. The van der Waals surface area contributed by atoms with Gasteiger partial charge in [0.1, 0.15) is 5.82 Å². The third-order valence-corrected chi connectivity index (χ3v) is 2.88. The molecular weight excluding hydrogens is 223 g/mol. The molecule has 0 nitrogen and oxygen atoms in total. The summed E-state index contributed by atoms with van der Waals surface area (Å²) in [6.07, 6.45) is 7.28. The first-order valence-corrected chi connectivity index (χ1v) is 5.70. The Morgan fingerprint density at radius 3 is 2.62 bits per heavy atom. The minimum atomic E-state index is -0.282. The van der Waals surface area contributed by atoms with Gasteiger partial charge in [0.05, 0.1) is 0 Å². The Labute approximate surface area is 100 Å². The Balaban J connectivity index is 2.42. The van der Waals surface area contributed by atoms with Gasteiger partial charge in [-0.05, 0) is 35.8 Å². The quantitative estimate of drug-likeness (QED) is 0.612. The summed E-state index contributed by atoms with van der Waals surface area (Å²) in [4.78, 5) is 0. The topological polar surface area (TPSA) is 0 Å². The number of halogens is 2. The van der Waals surface area contributed by atoms with Crippen LogP contribution in [0.15, 0.2) is 36.4 Å². The second kappa shape index (κ2) is 4.06. The van der Waals surface area contributed by atoms with E-state index >= 15 is 0 Å². The maximum Gasteiger partial charge on any atom is 0.125 e. The molecule has 1 aromatic rings. The van der Waals surface area contributed by atoms with Crippen LogP contribution < -0.4 is 0 Å². The molecule has 1 aliphatic rings. The number of rotatable bonds is 1. The molecule has 0 saturated carbocycles. The van der Waals surface area contributed by atoms with Gasteiger partial charge < -0.3 is 0 Å². The Bertz CT molecular complexity index is 449. The fraction of sp³-hybridized carbons (Fsp3) is 0.286. The summed E-state index contributed by atoms with van der Waals surface area (Å²) in [5.41, 5.74) is 2.04. The van der Waals surface area contributed by atoms with E-state index in [1.54, 1.807) is 0 Å². The summed E-state index contributed by atoms with van der Waals surface area (Å²) >= 11 is 5.86. The van der Waals surface area contributed by atoms with Crippen LogP contribution in [0.4, 0.5) is 4.39 Å². The van der Waals surface area contributed by atoms with Crippen molar-refractivity contribution in [2.24, 2.45) is 5.41 Å². The predicted octanol–water partition coefficient (Wildman–Crippen LogP) is 4.85. The van der Waals surface area contributed by atoms with Gasteiger partial charge in [-0.2, -0.15) is 0 Å². The van der Waals surface area contributed by atoms with Gasteiger partial charge in [-0.25, -0.2) is 4.39 Å². The Kier molecular flexibility index (Phi) is 2.90. The summed E-state index contributed by atoms with van der Waals surface area (Å²) < 4.78 is 13.2. The molecule has 0 radical (unpaired) electrons. The molecule has 0 bridgehead atoms. The zero-order valence-electron chi connectivity index (χ0n) is 9.43. The smallest absolute Gasteiger partial charge is 0.125 e. The van der Waals surface area contributed by atoms with Crippen molar-refractivity contribution in [3.63, 3.8) is 0 Å². The van der Waals surface area contributed by atoms with Crippen LogP contribution in [0.2, 0.25) is 5.02 Å². The fourth-order valence-corrected chi connectivity index (χ4v) is 2.21. The fourth-order valence-electron chi connectivity index (χ4n) is 1.99. The van der Waals surface area contributed by atoms with Crippen LogP contribution in [0, 0.1) is 11.2 Å². The van der Waals surface area contributed by atoms with E-state index in [9.17, 15) is 4.39 Å². The van der Waals surface area contributed by atoms with E-state index in [1.165, 1.54) is 12.1 Å². The highest BCUT2D eigenvalue weighted by Gasteiger charge is 2.16. The van der Waals surface area contributed by atoms with Crippen molar-refractivity contribution < 1.29 is 4.39 Å². The van der Waals surface area contributed by atoms with Crippen molar-refractivity contribution in [3.05, 3.63) is 52.8 Å². The molecule has 0 spiro atoms. The van der Waals surface area contributed by atoms with Crippen molar-refractivity contribution in [3.8, 4) is 0 Å². The number of hydrogen-bond acceptors (Lipinski definition) is 0. The van der Waals surface area contributed by atoms with Crippen LogP contribution in [0.1, 0.15) is 25.8 Å². The Morgan fingerprint density at radius 1 is 1.25 bits per heavy atom. The van der Waals surface area contributed by atoms with Gasteiger partial charge in [0, 0.05) is 10.4 Å². The minimum Gasteiger partial charge on any atom is -0.207 e. The van der Waals surface area contributed by atoms with Gasteiger partial charge in [-0.15, -0.1) is 0 Å². The number of allylic oxidation sites excluding steroid dienone is 4. The predicted molar refractivity (Wildman–Crippen MR) is 66.9 cm³/mol. The van der Waals surface area contributed by atoms with Crippen molar-refractivity contribution in [1.29, 1.82) is 0 Å². The molecule has 1 aromatic carbocycles. The van der Waals surface area contributed by atoms with Crippen LogP contribution in [0.25, 0.3) is 5.57 Å². The van der Waals surface area contributed by atoms with Crippen molar-refractivity contribution >= 4 is 17.2 Å². The normalized spacial score (nSPS) is 18.4. The van der Waals surface area contributed by atoms with E-state index in [1.807, 2.05) is 6.07 Å². The van der Waals surface area contributed by atoms with E-state index in [2.05, 4.69) is 32.1 Å². The van der Waals surface area contributed by atoms with E-state index in [0.29, 0.717) is 5.02 Å². The van der Waals surface area contributed by atoms with Gasteiger partial charge in [-0.3, -0.25) is 0 Å². The highest BCUT2D eigenvalue weighted by Crippen LogP contribution is 2.33. The molecule has 2 rings (SSSR count). The first-order chi connectivity index (χ1) is 7.46. The summed E-state index contributed by atoms with van der Waals surface area (Å²) in [5.74, 6) is -0.282.